The Labute approximate surface area is 255 Å². The van der Waals surface area contributed by atoms with Gasteiger partial charge in [0.15, 0.2) is 4.34 Å². The number of rotatable bonds is 10. The van der Waals surface area contributed by atoms with Crippen molar-refractivity contribution in [3.8, 4) is 5.75 Å². The van der Waals surface area contributed by atoms with E-state index in [0.717, 1.165) is 22.9 Å². The van der Waals surface area contributed by atoms with Gasteiger partial charge in [0.1, 0.15) is 11.5 Å². The molecule has 210 valence electrons. The highest BCUT2D eigenvalue weighted by Gasteiger charge is 2.48. The summed E-state index contributed by atoms with van der Waals surface area (Å²) in [5, 5.41) is 20.2. The maximum Gasteiger partial charge on any atom is 0.301 e. The number of halogens is 1. The van der Waals surface area contributed by atoms with Gasteiger partial charge in [0.25, 0.3) is 5.78 Å². The van der Waals surface area contributed by atoms with E-state index in [2.05, 4.69) is 57.3 Å². The summed E-state index contributed by atoms with van der Waals surface area (Å²) in [5.74, 6) is -0.394. The Morgan fingerprint density at radius 3 is 2.41 bits per heavy atom. The minimum Gasteiger partial charge on any atom is -0.507 e. The zero-order chi connectivity index (χ0) is 28.9. The summed E-state index contributed by atoms with van der Waals surface area (Å²) in [6.07, 6.45) is 1.96. The lowest BCUT2D eigenvalue weighted by Crippen LogP contribution is -2.29. The minimum absolute atomic E-state index is 0.000956. The molecule has 0 radical (unpaired) electrons. The third kappa shape index (κ3) is 6.55. The summed E-state index contributed by atoms with van der Waals surface area (Å²) in [4.78, 5) is 28.3. The molecule has 0 aliphatic carbocycles. The molecular weight excluding hydrogens is 622 g/mol. The summed E-state index contributed by atoms with van der Waals surface area (Å²) >= 11 is 6.15. The highest BCUT2D eigenvalue weighted by atomic mass is 79.9. The van der Waals surface area contributed by atoms with Gasteiger partial charge in [-0.3, -0.25) is 14.5 Å². The molecule has 7 nitrogen and oxygen atoms in total. The second-order valence-electron chi connectivity index (χ2n) is 9.57. The van der Waals surface area contributed by atoms with Gasteiger partial charge in [-0.25, -0.2) is 0 Å². The van der Waals surface area contributed by atoms with E-state index >= 15 is 0 Å². The van der Waals surface area contributed by atoms with Crippen molar-refractivity contribution in [2.75, 3.05) is 11.5 Å². The van der Waals surface area contributed by atoms with E-state index in [9.17, 15) is 14.7 Å². The highest BCUT2D eigenvalue weighted by Crippen LogP contribution is 2.44. The van der Waals surface area contributed by atoms with Crippen LogP contribution in [0.5, 0.6) is 5.75 Å². The summed E-state index contributed by atoms with van der Waals surface area (Å²) in [6.45, 7) is 4.75. The Bertz CT molecular complexity index is 1570. The first kappa shape index (κ1) is 29.0. The number of benzene rings is 3. The number of ketones is 1. The fourth-order valence-corrected chi connectivity index (χ4v) is 6.46. The fraction of sp³-hybridized carbons (Fsp3) is 0.226. The number of nitrogens with zero attached hydrogens (tertiary/aromatic N) is 3. The van der Waals surface area contributed by atoms with Gasteiger partial charge < -0.3 is 9.84 Å². The van der Waals surface area contributed by atoms with Gasteiger partial charge in [0, 0.05) is 15.8 Å². The lowest BCUT2D eigenvalue weighted by Gasteiger charge is -2.22. The molecule has 0 bridgehead atoms. The van der Waals surface area contributed by atoms with Crippen LogP contribution in [0.15, 0.2) is 87.2 Å². The van der Waals surface area contributed by atoms with Crippen molar-refractivity contribution in [2.45, 2.75) is 42.8 Å². The van der Waals surface area contributed by atoms with Crippen molar-refractivity contribution in [1.82, 2.24) is 10.2 Å². The number of ether oxygens (including phenoxy) is 1. The van der Waals surface area contributed by atoms with Gasteiger partial charge >= 0.3 is 5.91 Å². The molecule has 0 saturated carbocycles. The van der Waals surface area contributed by atoms with Crippen LogP contribution in [-0.2, 0) is 15.3 Å². The smallest absolute Gasteiger partial charge is 0.301 e. The predicted molar refractivity (Wildman–Crippen MR) is 166 cm³/mol. The van der Waals surface area contributed by atoms with Gasteiger partial charge in [0.05, 0.1) is 18.2 Å². The number of hydrogen-bond donors (Lipinski definition) is 1. The molecule has 1 amide bonds. The maximum atomic E-state index is 13.5. The maximum absolute atomic E-state index is 13.5. The van der Waals surface area contributed by atoms with E-state index in [1.807, 2.05) is 31.2 Å². The second kappa shape index (κ2) is 13.0. The van der Waals surface area contributed by atoms with Crippen molar-refractivity contribution < 1.29 is 19.4 Å². The van der Waals surface area contributed by atoms with Crippen LogP contribution < -0.4 is 9.64 Å². The van der Waals surface area contributed by atoms with E-state index in [0.29, 0.717) is 38.7 Å². The van der Waals surface area contributed by atoms with E-state index < -0.39 is 17.7 Å². The Kier molecular flexibility index (Phi) is 9.22. The van der Waals surface area contributed by atoms with Crippen LogP contribution in [0.2, 0.25) is 0 Å². The first-order valence-electron chi connectivity index (χ1n) is 13.2. The molecule has 1 fully saturated rings. The number of thioether (sulfide) groups is 1. The average molecular weight is 651 g/mol. The normalized spacial score (nSPS) is 16.4. The molecule has 1 saturated heterocycles. The van der Waals surface area contributed by atoms with Crippen LogP contribution >= 0.6 is 39.0 Å². The first-order chi connectivity index (χ1) is 19.9. The standard InChI is InChI=1S/C31H28BrN3O4S2/c1-3-4-17-39-24-15-11-21(12-16-24)26-25(27(36)22-9-13-23(32)14-10-22)28(37)29(38)35(26)30-33-34-31(41-30)40-18-20-7-5-19(2)6-8-20/h5-16,26,36H,3-4,17-18H2,1-2H3/b27-25-. The number of anilines is 1. The lowest BCUT2D eigenvalue weighted by molar-refractivity contribution is -0.132. The Morgan fingerprint density at radius 1 is 1.02 bits per heavy atom. The zero-order valence-corrected chi connectivity index (χ0v) is 25.8. The number of aliphatic hydroxyl groups is 1. The summed E-state index contributed by atoms with van der Waals surface area (Å²) in [6, 6.07) is 21.6. The SMILES string of the molecule is CCCCOc1ccc(C2/C(=C(/O)c3ccc(Br)cc3)C(=O)C(=O)N2c2nnc(SCc3ccc(C)cc3)s2)cc1. The Balaban J connectivity index is 1.50. The monoisotopic (exact) mass is 649 g/mol. The van der Waals surface area contributed by atoms with E-state index in [1.165, 1.54) is 33.6 Å². The number of aryl methyl sites for hydroxylation is 1. The quantitative estimate of drug-likeness (QED) is 0.0470. The molecule has 4 aromatic rings. The molecule has 10 heteroatoms. The van der Waals surface area contributed by atoms with Gasteiger partial charge in [-0.15, -0.1) is 10.2 Å². The van der Waals surface area contributed by atoms with Crippen LogP contribution in [0.1, 0.15) is 48.1 Å². The molecule has 5 rings (SSSR count). The minimum atomic E-state index is -0.883. The summed E-state index contributed by atoms with van der Waals surface area (Å²) < 4.78 is 7.31. The van der Waals surface area contributed by atoms with Crippen LogP contribution in [0.4, 0.5) is 5.13 Å². The summed E-state index contributed by atoms with van der Waals surface area (Å²) in [7, 11) is 0. The van der Waals surface area contributed by atoms with Crippen LogP contribution in [-0.4, -0.2) is 33.6 Å². The molecule has 1 unspecified atom stereocenters. The predicted octanol–water partition coefficient (Wildman–Crippen LogP) is 7.71. The van der Waals surface area contributed by atoms with E-state index in [-0.39, 0.29) is 11.3 Å². The van der Waals surface area contributed by atoms with Gasteiger partial charge in [-0.1, -0.05) is 106 Å². The first-order valence-corrected chi connectivity index (χ1v) is 15.8. The number of Topliss-reactive ketones (excluding diaryl/α,β-unsaturated/α-hetero) is 1. The van der Waals surface area contributed by atoms with Crippen molar-refractivity contribution in [2.24, 2.45) is 0 Å². The van der Waals surface area contributed by atoms with Crippen molar-refractivity contribution in [3.63, 3.8) is 0 Å². The molecule has 1 atom stereocenters. The highest BCUT2D eigenvalue weighted by molar-refractivity contribution is 9.10. The summed E-state index contributed by atoms with van der Waals surface area (Å²) in [5.41, 5.74) is 3.42. The number of carbonyl (C=O) groups is 2. The number of aromatic nitrogens is 2. The zero-order valence-electron chi connectivity index (χ0n) is 22.5. The number of aliphatic hydroxyl groups excluding tert-OH is 1. The van der Waals surface area contributed by atoms with Crippen LogP contribution in [0.25, 0.3) is 5.76 Å². The topological polar surface area (TPSA) is 92.6 Å². The molecule has 41 heavy (non-hydrogen) atoms. The molecule has 0 spiro atoms. The molecule has 1 N–H and O–H groups in total. The molecule has 1 aromatic heterocycles. The molecule has 1 aliphatic rings. The van der Waals surface area contributed by atoms with Crippen LogP contribution in [0.3, 0.4) is 0 Å². The van der Waals surface area contributed by atoms with E-state index in [4.69, 9.17) is 4.74 Å². The third-order valence-corrected chi connectivity index (χ3v) is 9.27. The molecule has 3 aromatic carbocycles. The molecular formula is C31H28BrN3O4S2. The average Bonchev–Trinajstić information content (AvgIpc) is 3.55. The lowest BCUT2D eigenvalue weighted by atomic mass is 9.95. The molecule has 2 heterocycles. The third-order valence-electron chi connectivity index (χ3n) is 6.61. The van der Waals surface area contributed by atoms with Crippen LogP contribution in [0, 0.1) is 6.92 Å². The number of unbranched alkanes of at least 4 members (excludes halogenated alkanes) is 1. The fourth-order valence-electron chi connectivity index (χ4n) is 4.38. The second-order valence-corrected chi connectivity index (χ2v) is 12.7. The van der Waals surface area contributed by atoms with Crippen molar-refractivity contribution in [1.29, 1.82) is 0 Å². The van der Waals surface area contributed by atoms with Gasteiger partial charge in [-0.05, 0) is 48.7 Å². The van der Waals surface area contributed by atoms with E-state index in [1.54, 1.807) is 24.3 Å². The Hall–Kier alpha value is -3.47. The van der Waals surface area contributed by atoms with Gasteiger partial charge in [0.2, 0.25) is 5.13 Å². The largest absolute Gasteiger partial charge is 0.507 e. The molecule has 1 aliphatic heterocycles. The van der Waals surface area contributed by atoms with Crippen molar-refractivity contribution in [3.05, 3.63) is 105 Å². The number of hydrogen-bond acceptors (Lipinski definition) is 8. The number of amides is 1. The van der Waals surface area contributed by atoms with Gasteiger partial charge in [-0.2, -0.15) is 0 Å². The number of carbonyl (C=O) groups excluding carboxylic acids is 2. The Morgan fingerprint density at radius 2 is 1.73 bits per heavy atom. The van der Waals surface area contributed by atoms with Crippen molar-refractivity contribution >= 4 is 61.6 Å².